The maximum Gasteiger partial charge on any atom is 0.469 e. The maximum atomic E-state index is 10.3. The molecular formula is C12H30NO4P. The predicted molar refractivity (Wildman–Crippen MR) is 75.6 cm³/mol. The lowest BCUT2D eigenvalue weighted by atomic mass is 10.1. The zero-order valence-electron chi connectivity index (χ0n) is 12.3. The van der Waals surface area contributed by atoms with Crippen LogP contribution in [-0.4, -0.2) is 42.4 Å². The van der Waals surface area contributed by atoms with Crippen molar-refractivity contribution in [3.8, 4) is 0 Å². The molecule has 0 heterocycles. The Hall–Kier alpha value is 0.0700. The van der Waals surface area contributed by atoms with Gasteiger partial charge in [0.25, 0.3) is 0 Å². The molecule has 0 aliphatic carbocycles. The van der Waals surface area contributed by atoms with Crippen molar-refractivity contribution in [3.05, 3.63) is 0 Å². The van der Waals surface area contributed by atoms with Crippen molar-refractivity contribution < 1.29 is 18.9 Å². The Morgan fingerprint density at radius 1 is 0.944 bits per heavy atom. The summed E-state index contributed by atoms with van der Waals surface area (Å²) in [6.45, 7) is 2.34. The molecule has 0 saturated heterocycles. The van der Waals surface area contributed by atoms with Gasteiger partial charge in [0.1, 0.15) is 0 Å². The van der Waals surface area contributed by atoms with Crippen LogP contribution < -0.4 is 0 Å². The van der Waals surface area contributed by atoms with Gasteiger partial charge in [-0.15, -0.1) is 0 Å². The number of hydrogen-bond acceptors (Lipinski definition) is 3. The van der Waals surface area contributed by atoms with Gasteiger partial charge < -0.3 is 14.7 Å². The van der Waals surface area contributed by atoms with E-state index in [1.165, 1.54) is 25.7 Å². The van der Waals surface area contributed by atoms with Crippen LogP contribution in [0.15, 0.2) is 0 Å². The summed E-state index contributed by atoms with van der Waals surface area (Å²) in [5.41, 5.74) is 0. The van der Waals surface area contributed by atoms with Crippen molar-refractivity contribution in [3.63, 3.8) is 0 Å². The van der Waals surface area contributed by atoms with Crippen LogP contribution in [0.2, 0.25) is 0 Å². The molecule has 0 bridgehead atoms. The van der Waals surface area contributed by atoms with Crippen LogP contribution in [0.5, 0.6) is 0 Å². The zero-order valence-corrected chi connectivity index (χ0v) is 13.2. The first kappa shape index (κ1) is 20.4. The molecule has 0 rings (SSSR count). The summed E-state index contributed by atoms with van der Waals surface area (Å²) in [4.78, 5) is 18.8. The highest BCUT2D eigenvalue weighted by Gasteiger charge is 2.12. The van der Waals surface area contributed by atoms with Gasteiger partial charge >= 0.3 is 7.82 Å². The molecule has 0 aliphatic heterocycles. The molecule has 0 radical (unpaired) electrons. The molecule has 112 valence electrons. The predicted octanol–water partition coefficient (Wildman–Crippen LogP) is 3.02. The average Bonchev–Trinajstić information content (AvgIpc) is 2.19. The van der Waals surface area contributed by atoms with Gasteiger partial charge in [-0.2, -0.15) is 0 Å². The molecular weight excluding hydrogens is 253 g/mol. The van der Waals surface area contributed by atoms with E-state index in [-0.39, 0.29) is 6.61 Å². The zero-order chi connectivity index (χ0) is 14.4. The SMILES string of the molecule is CCCCCCCCCOP(=O)(O)O.CN(C)C. The standard InChI is InChI=1S/C9H21O4P.C3H9N/c1-2-3-4-5-6-7-8-9-13-14(10,11)12;1-4(2)3/h2-9H2,1H3,(H2,10,11,12);1-3H3. The first-order valence-electron chi connectivity index (χ1n) is 6.60. The van der Waals surface area contributed by atoms with Crippen LogP contribution in [-0.2, 0) is 9.09 Å². The summed E-state index contributed by atoms with van der Waals surface area (Å²) in [5.74, 6) is 0. The molecule has 0 aromatic rings. The van der Waals surface area contributed by atoms with E-state index in [2.05, 4.69) is 11.4 Å². The Labute approximate surface area is 112 Å². The molecule has 5 nitrogen and oxygen atoms in total. The van der Waals surface area contributed by atoms with E-state index >= 15 is 0 Å². The molecule has 0 aliphatic rings. The lowest BCUT2D eigenvalue weighted by Crippen LogP contribution is -1.99. The number of rotatable bonds is 9. The van der Waals surface area contributed by atoms with Gasteiger partial charge in [-0.25, -0.2) is 4.57 Å². The first-order chi connectivity index (χ1) is 8.29. The van der Waals surface area contributed by atoms with Gasteiger partial charge in [0.05, 0.1) is 6.61 Å². The highest BCUT2D eigenvalue weighted by Crippen LogP contribution is 2.35. The quantitative estimate of drug-likeness (QED) is 0.503. The summed E-state index contributed by atoms with van der Waals surface area (Å²) < 4.78 is 14.6. The first-order valence-corrected chi connectivity index (χ1v) is 8.13. The summed E-state index contributed by atoms with van der Waals surface area (Å²) in [6.07, 6.45) is 7.84. The van der Waals surface area contributed by atoms with Crippen molar-refractivity contribution in [1.82, 2.24) is 4.90 Å². The minimum Gasteiger partial charge on any atom is -0.312 e. The van der Waals surface area contributed by atoms with E-state index in [0.717, 1.165) is 19.3 Å². The highest BCUT2D eigenvalue weighted by atomic mass is 31.2. The largest absolute Gasteiger partial charge is 0.469 e. The molecule has 0 aromatic heterocycles. The maximum absolute atomic E-state index is 10.3. The lowest BCUT2D eigenvalue weighted by Gasteiger charge is -2.04. The second-order valence-corrected chi connectivity index (χ2v) is 6.03. The topological polar surface area (TPSA) is 70.0 Å². The molecule has 6 heteroatoms. The van der Waals surface area contributed by atoms with Crippen LogP contribution in [0.1, 0.15) is 51.9 Å². The Kier molecular flexibility index (Phi) is 15.3. The molecule has 0 fully saturated rings. The van der Waals surface area contributed by atoms with Crippen LogP contribution in [0.4, 0.5) is 0 Å². The number of nitrogens with zero attached hydrogens (tertiary/aromatic N) is 1. The number of phosphoric acid groups is 1. The molecule has 0 saturated carbocycles. The minimum atomic E-state index is -4.23. The third-order valence-corrected chi connectivity index (χ3v) is 2.53. The van der Waals surface area contributed by atoms with Gasteiger partial charge in [-0.05, 0) is 27.6 Å². The summed E-state index contributed by atoms with van der Waals surface area (Å²) in [5, 5.41) is 0. The smallest absolute Gasteiger partial charge is 0.312 e. The van der Waals surface area contributed by atoms with Crippen molar-refractivity contribution in [2.45, 2.75) is 51.9 Å². The fourth-order valence-corrected chi connectivity index (χ4v) is 1.61. The van der Waals surface area contributed by atoms with E-state index in [1.807, 2.05) is 26.0 Å². The third-order valence-electron chi connectivity index (χ3n) is 2.01. The number of hydrogen-bond donors (Lipinski definition) is 2. The van der Waals surface area contributed by atoms with Crippen LogP contribution in [0.25, 0.3) is 0 Å². The average molecular weight is 283 g/mol. The molecule has 0 unspecified atom stereocenters. The number of phosphoric ester groups is 1. The van der Waals surface area contributed by atoms with Gasteiger partial charge in [0.2, 0.25) is 0 Å². The second-order valence-electron chi connectivity index (χ2n) is 4.79. The van der Waals surface area contributed by atoms with E-state index in [0.29, 0.717) is 0 Å². The Balaban J connectivity index is 0. The fraction of sp³-hybridized carbons (Fsp3) is 1.00. The van der Waals surface area contributed by atoms with Crippen molar-refractivity contribution in [2.24, 2.45) is 0 Å². The molecule has 0 spiro atoms. The highest BCUT2D eigenvalue weighted by molar-refractivity contribution is 7.46. The van der Waals surface area contributed by atoms with E-state index in [1.54, 1.807) is 0 Å². The Morgan fingerprint density at radius 2 is 1.33 bits per heavy atom. The van der Waals surface area contributed by atoms with Gasteiger partial charge in [-0.1, -0.05) is 45.4 Å². The summed E-state index contributed by atoms with van der Waals surface area (Å²) in [7, 11) is 1.77. The van der Waals surface area contributed by atoms with Gasteiger partial charge in [0, 0.05) is 0 Å². The molecule has 18 heavy (non-hydrogen) atoms. The van der Waals surface area contributed by atoms with Crippen molar-refractivity contribution in [1.29, 1.82) is 0 Å². The van der Waals surface area contributed by atoms with E-state index < -0.39 is 7.82 Å². The monoisotopic (exact) mass is 283 g/mol. The van der Waals surface area contributed by atoms with Gasteiger partial charge in [0.15, 0.2) is 0 Å². The Bertz CT molecular complexity index is 203. The molecule has 0 aromatic carbocycles. The van der Waals surface area contributed by atoms with Crippen LogP contribution in [0, 0.1) is 0 Å². The summed E-state index contributed by atoms with van der Waals surface area (Å²) >= 11 is 0. The Morgan fingerprint density at radius 3 is 1.72 bits per heavy atom. The van der Waals surface area contributed by atoms with E-state index in [9.17, 15) is 4.57 Å². The normalized spacial score (nSPS) is 11.3. The summed E-state index contributed by atoms with van der Waals surface area (Å²) in [6, 6.07) is 0. The second kappa shape index (κ2) is 13.5. The van der Waals surface area contributed by atoms with Crippen molar-refractivity contribution in [2.75, 3.05) is 27.7 Å². The van der Waals surface area contributed by atoms with Gasteiger partial charge in [-0.3, -0.25) is 4.52 Å². The fourth-order valence-electron chi connectivity index (χ4n) is 1.24. The van der Waals surface area contributed by atoms with E-state index in [4.69, 9.17) is 9.79 Å². The van der Waals surface area contributed by atoms with Crippen LogP contribution >= 0.6 is 7.82 Å². The molecule has 2 N–H and O–H groups in total. The molecule has 0 atom stereocenters. The number of unbranched alkanes of at least 4 members (excludes halogenated alkanes) is 6. The van der Waals surface area contributed by atoms with Crippen molar-refractivity contribution >= 4 is 7.82 Å². The lowest BCUT2D eigenvalue weighted by molar-refractivity contribution is 0.193. The van der Waals surface area contributed by atoms with Crippen LogP contribution in [0.3, 0.4) is 0 Å². The molecule has 0 amide bonds. The third kappa shape index (κ3) is 29.8. The minimum absolute atomic E-state index is 0.165.